The second kappa shape index (κ2) is 2.41. The SMILES string of the molecule is Cc1cc(F)cc(C)c1C.[HH]. The van der Waals surface area contributed by atoms with Crippen LogP contribution in [0, 0.1) is 26.6 Å². The molecule has 1 aromatic carbocycles. The van der Waals surface area contributed by atoms with Crippen LogP contribution in [0.2, 0.25) is 0 Å². The quantitative estimate of drug-likeness (QED) is 0.519. The number of hydrogen-bond donors (Lipinski definition) is 0. The van der Waals surface area contributed by atoms with Crippen molar-refractivity contribution >= 4 is 0 Å². The smallest absolute Gasteiger partial charge is 0.123 e. The van der Waals surface area contributed by atoms with Crippen molar-refractivity contribution in [2.24, 2.45) is 0 Å². The zero-order chi connectivity index (χ0) is 7.72. The van der Waals surface area contributed by atoms with Crippen LogP contribution < -0.4 is 0 Å². The molecule has 0 aliphatic heterocycles. The fourth-order valence-corrected chi connectivity index (χ4v) is 0.983. The van der Waals surface area contributed by atoms with Crippen molar-refractivity contribution in [1.82, 2.24) is 0 Å². The van der Waals surface area contributed by atoms with Gasteiger partial charge in [-0.1, -0.05) is 0 Å². The summed E-state index contributed by atoms with van der Waals surface area (Å²) in [6.07, 6.45) is 0. The van der Waals surface area contributed by atoms with Gasteiger partial charge in [0.25, 0.3) is 0 Å². The summed E-state index contributed by atoms with van der Waals surface area (Å²) < 4.78 is 12.6. The van der Waals surface area contributed by atoms with Gasteiger partial charge in [0.05, 0.1) is 0 Å². The van der Waals surface area contributed by atoms with E-state index >= 15 is 0 Å². The summed E-state index contributed by atoms with van der Waals surface area (Å²) in [6, 6.07) is 3.12. The molecule has 0 fully saturated rings. The summed E-state index contributed by atoms with van der Waals surface area (Å²) in [5, 5.41) is 0. The number of benzene rings is 1. The molecule has 1 rings (SSSR count). The molecule has 0 bridgehead atoms. The third-order valence-electron chi connectivity index (χ3n) is 1.89. The van der Waals surface area contributed by atoms with Crippen molar-refractivity contribution < 1.29 is 5.82 Å². The van der Waals surface area contributed by atoms with Crippen LogP contribution in [0.3, 0.4) is 0 Å². The first-order chi connectivity index (χ1) is 4.61. The molecule has 1 heteroatoms. The Morgan fingerprint density at radius 2 is 1.50 bits per heavy atom. The van der Waals surface area contributed by atoms with Crippen LogP contribution in [0.5, 0.6) is 0 Å². The minimum absolute atomic E-state index is 0. The van der Waals surface area contributed by atoms with Gasteiger partial charge in [0.2, 0.25) is 0 Å². The number of hydrogen-bond acceptors (Lipinski definition) is 0. The Morgan fingerprint density at radius 1 is 1.10 bits per heavy atom. The van der Waals surface area contributed by atoms with E-state index in [4.69, 9.17) is 0 Å². The summed E-state index contributed by atoms with van der Waals surface area (Å²) in [5.41, 5.74) is 3.23. The maximum atomic E-state index is 12.6. The normalized spacial score (nSPS) is 10.0. The average Bonchev–Trinajstić information content (AvgIpc) is 1.82. The van der Waals surface area contributed by atoms with Gasteiger partial charge in [-0.05, 0) is 49.6 Å². The van der Waals surface area contributed by atoms with Gasteiger partial charge in [-0.2, -0.15) is 0 Å². The van der Waals surface area contributed by atoms with Crippen molar-refractivity contribution in [3.63, 3.8) is 0 Å². The summed E-state index contributed by atoms with van der Waals surface area (Å²) in [5.74, 6) is -0.138. The molecule has 0 atom stereocenters. The van der Waals surface area contributed by atoms with Gasteiger partial charge >= 0.3 is 0 Å². The summed E-state index contributed by atoms with van der Waals surface area (Å²) >= 11 is 0. The van der Waals surface area contributed by atoms with Crippen molar-refractivity contribution in [2.45, 2.75) is 20.8 Å². The molecule has 56 valence electrons. The van der Waals surface area contributed by atoms with Gasteiger partial charge in [0.15, 0.2) is 0 Å². The zero-order valence-corrected chi connectivity index (χ0v) is 6.53. The van der Waals surface area contributed by atoms with E-state index in [-0.39, 0.29) is 7.24 Å². The van der Waals surface area contributed by atoms with E-state index < -0.39 is 0 Å². The molecular weight excluding hydrogens is 127 g/mol. The molecule has 0 heterocycles. The van der Waals surface area contributed by atoms with E-state index in [1.54, 1.807) is 12.1 Å². The molecular formula is C9H13F. The minimum atomic E-state index is -0.138. The molecule has 0 radical (unpaired) electrons. The second-order valence-corrected chi connectivity index (χ2v) is 2.66. The molecule has 0 aromatic heterocycles. The van der Waals surface area contributed by atoms with Crippen molar-refractivity contribution in [3.05, 3.63) is 34.6 Å². The first-order valence-electron chi connectivity index (χ1n) is 3.34. The Labute approximate surface area is 62.2 Å². The number of rotatable bonds is 0. The first-order valence-corrected chi connectivity index (χ1v) is 3.34. The highest BCUT2D eigenvalue weighted by molar-refractivity contribution is 5.32. The Hall–Kier alpha value is -0.850. The summed E-state index contributed by atoms with van der Waals surface area (Å²) in [6.45, 7) is 5.85. The highest BCUT2D eigenvalue weighted by Gasteiger charge is 1.98. The van der Waals surface area contributed by atoms with Crippen LogP contribution >= 0.6 is 0 Å². The van der Waals surface area contributed by atoms with Gasteiger partial charge in [-0.25, -0.2) is 4.39 Å². The van der Waals surface area contributed by atoms with E-state index in [0.29, 0.717) is 0 Å². The van der Waals surface area contributed by atoms with Gasteiger partial charge in [-0.3, -0.25) is 0 Å². The molecule has 0 spiro atoms. The van der Waals surface area contributed by atoms with Gasteiger partial charge in [0, 0.05) is 1.43 Å². The first kappa shape index (κ1) is 7.26. The Kier molecular flexibility index (Phi) is 1.75. The number of halogens is 1. The lowest BCUT2D eigenvalue weighted by molar-refractivity contribution is 0.624. The van der Waals surface area contributed by atoms with Crippen LogP contribution in [0.15, 0.2) is 12.1 Å². The highest BCUT2D eigenvalue weighted by atomic mass is 19.1. The minimum Gasteiger partial charge on any atom is -0.207 e. The molecule has 0 amide bonds. The van der Waals surface area contributed by atoms with Crippen LogP contribution in [-0.2, 0) is 0 Å². The summed E-state index contributed by atoms with van der Waals surface area (Å²) in [7, 11) is 0. The van der Waals surface area contributed by atoms with Crippen LogP contribution in [0.25, 0.3) is 0 Å². The predicted octanol–water partition coefficient (Wildman–Crippen LogP) is 3.00. The molecule has 0 nitrogen and oxygen atoms in total. The lowest BCUT2D eigenvalue weighted by Crippen LogP contribution is -1.87. The van der Waals surface area contributed by atoms with Gasteiger partial charge < -0.3 is 0 Å². The van der Waals surface area contributed by atoms with Crippen LogP contribution in [0.4, 0.5) is 4.39 Å². The molecule has 0 N–H and O–H groups in total. The molecule has 0 saturated heterocycles. The Bertz CT molecular complexity index is 233. The Balaban J connectivity index is 0.000001000. The van der Waals surface area contributed by atoms with E-state index in [1.807, 2.05) is 20.8 Å². The zero-order valence-electron chi connectivity index (χ0n) is 6.53. The third kappa shape index (κ3) is 1.18. The lowest BCUT2D eigenvalue weighted by Gasteiger charge is -2.02. The fraction of sp³-hybridized carbons (Fsp3) is 0.333. The predicted molar refractivity (Wildman–Crippen MR) is 42.7 cm³/mol. The lowest BCUT2D eigenvalue weighted by atomic mass is 10.0. The second-order valence-electron chi connectivity index (χ2n) is 2.66. The van der Waals surface area contributed by atoms with Gasteiger partial charge in [0.1, 0.15) is 5.82 Å². The molecule has 0 aliphatic carbocycles. The topological polar surface area (TPSA) is 0 Å². The molecule has 0 unspecified atom stereocenters. The van der Waals surface area contributed by atoms with Crippen molar-refractivity contribution in [2.75, 3.05) is 0 Å². The molecule has 0 aliphatic rings. The number of aryl methyl sites for hydroxylation is 2. The molecule has 0 saturated carbocycles. The standard InChI is InChI=1S/C9H11F.H2/c1-6-4-9(10)5-7(2)8(6)3;/h4-5H,1-3H3;1H. The molecule has 10 heavy (non-hydrogen) atoms. The van der Waals surface area contributed by atoms with Crippen LogP contribution in [-0.4, -0.2) is 0 Å². The average molecular weight is 140 g/mol. The maximum absolute atomic E-state index is 12.6. The van der Waals surface area contributed by atoms with Crippen molar-refractivity contribution in [1.29, 1.82) is 0 Å². The van der Waals surface area contributed by atoms with E-state index in [1.165, 1.54) is 5.56 Å². The maximum Gasteiger partial charge on any atom is 0.123 e. The summed E-state index contributed by atoms with van der Waals surface area (Å²) in [4.78, 5) is 0. The highest BCUT2D eigenvalue weighted by Crippen LogP contribution is 2.13. The van der Waals surface area contributed by atoms with E-state index in [0.717, 1.165) is 11.1 Å². The monoisotopic (exact) mass is 140 g/mol. The van der Waals surface area contributed by atoms with E-state index in [9.17, 15) is 4.39 Å². The van der Waals surface area contributed by atoms with Crippen molar-refractivity contribution in [3.8, 4) is 0 Å². The Morgan fingerprint density at radius 3 is 1.90 bits per heavy atom. The fourth-order valence-electron chi connectivity index (χ4n) is 0.983. The molecule has 1 aromatic rings. The van der Waals surface area contributed by atoms with Gasteiger partial charge in [-0.15, -0.1) is 0 Å². The van der Waals surface area contributed by atoms with E-state index in [2.05, 4.69) is 0 Å². The largest absolute Gasteiger partial charge is 0.207 e. The van der Waals surface area contributed by atoms with Crippen LogP contribution in [0.1, 0.15) is 18.1 Å². The third-order valence-corrected chi connectivity index (χ3v) is 1.89.